The number of halogens is 1. The van der Waals surface area contributed by atoms with E-state index in [1.807, 2.05) is 48.7 Å². The topological polar surface area (TPSA) is 62.6 Å². The molecule has 0 fully saturated rings. The molecule has 0 unspecified atom stereocenters. The van der Waals surface area contributed by atoms with Crippen molar-refractivity contribution in [1.29, 1.82) is 0 Å². The van der Waals surface area contributed by atoms with E-state index in [0.29, 0.717) is 17.1 Å². The van der Waals surface area contributed by atoms with Crippen LogP contribution < -0.4 is 0 Å². The number of nitrogens with zero attached hydrogens (tertiary/aromatic N) is 3. The fourth-order valence-corrected chi connectivity index (χ4v) is 5.01. The zero-order chi connectivity index (χ0) is 18.5. The van der Waals surface area contributed by atoms with Gasteiger partial charge in [-0.25, -0.2) is 13.4 Å². The van der Waals surface area contributed by atoms with E-state index in [1.165, 1.54) is 11.3 Å². The Balaban J connectivity index is 1.82. The van der Waals surface area contributed by atoms with Crippen LogP contribution in [0.5, 0.6) is 0 Å². The highest BCUT2D eigenvalue weighted by atomic mass is 35.5. The molecule has 1 aliphatic rings. The molecule has 0 spiro atoms. The van der Waals surface area contributed by atoms with Crippen molar-refractivity contribution in [3.8, 4) is 0 Å². The third kappa shape index (κ3) is 3.11. The molecule has 1 atom stereocenters. The normalized spacial score (nSPS) is 17.7. The van der Waals surface area contributed by atoms with Gasteiger partial charge in [0.2, 0.25) is 10.0 Å². The number of aromatic nitrogens is 1. The van der Waals surface area contributed by atoms with Crippen molar-refractivity contribution in [3.63, 3.8) is 0 Å². The van der Waals surface area contributed by atoms with Crippen molar-refractivity contribution in [3.05, 3.63) is 62.9 Å². The molecule has 0 radical (unpaired) electrons. The zero-order valence-corrected chi connectivity index (χ0v) is 16.6. The first-order valence-corrected chi connectivity index (χ1v) is 11.1. The maximum absolute atomic E-state index is 12.3. The summed E-state index contributed by atoms with van der Waals surface area (Å²) in [5.74, 6) is 0. The van der Waals surface area contributed by atoms with E-state index >= 15 is 0 Å². The second-order valence-corrected chi connectivity index (χ2v) is 9.49. The molecule has 0 aliphatic carbocycles. The van der Waals surface area contributed by atoms with Crippen molar-refractivity contribution < 1.29 is 8.42 Å². The minimum atomic E-state index is -3.54. The van der Waals surface area contributed by atoms with Gasteiger partial charge in [-0.2, -0.15) is 9.52 Å². The minimum absolute atomic E-state index is 0.310. The number of hydrazone groups is 1. The zero-order valence-electron chi connectivity index (χ0n) is 14.2. The number of fused-ring (bicyclic) bond motifs is 1. The standard InChI is InChI=1S/C18H16ClN3O2S2/c1-11-5-6-12-9-13(18(19)20-14(12)8-11)16-10-15(17-4-3-7-25-17)21-22(16)26(2,23)24/h3-9,16H,10H2,1-2H3/t16-/m0/s1. The van der Waals surface area contributed by atoms with E-state index < -0.39 is 16.1 Å². The Kier molecular flexibility index (Phi) is 4.25. The van der Waals surface area contributed by atoms with E-state index in [2.05, 4.69) is 10.1 Å². The molecule has 2 aromatic heterocycles. The third-order valence-corrected chi connectivity index (χ3v) is 6.57. The second kappa shape index (κ2) is 6.33. The molecule has 0 saturated carbocycles. The molecular weight excluding hydrogens is 390 g/mol. The minimum Gasteiger partial charge on any atom is -0.236 e. The molecule has 3 aromatic rings. The Labute approximate surface area is 161 Å². The smallest absolute Gasteiger partial charge is 0.236 e. The molecule has 26 heavy (non-hydrogen) atoms. The van der Waals surface area contributed by atoms with Crippen LogP contribution >= 0.6 is 22.9 Å². The van der Waals surface area contributed by atoms with Gasteiger partial charge in [-0.15, -0.1) is 11.3 Å². The van der Waals surface area contributed by atoms with Crippen molar-refractivity contribution in [2.75, 3.05) is 6.26 Å². The van der Waals surface area contributed by atoms with Gasteiger partial charge in [0, 0.05) is 17.4 Å². The molecule has 0 bridgehead atoms. The highest BCUT2D eigenvalue weighted by Crippen LogP contribution is 2.39. The average molecular weight is 406 g/mol. The Hall–Kier alpha value is -1.96. The maximum Gasteiger partial charge on any atom is 0.247 e. The lowest BCUT2D eigenvalue weighted by Crippen LogP contribution is -2.26. The lowest BCUT2D eigenvalue weighted by Gasteiger charge is -2.22. The molecule has 3 heterocycles. The molecular formula is C18H16ClN3O2S2. The lowest BCUT2D eigenvalue weighted by molar-refractivity contribution is 0.374. The fraction of sp³-hybridized carbons (Fsp3) is 0.222. The van der Waals surface area contributed by atoms with Crippen molar-refractivity contribution in [2.45, 2.75) is 19.4 Å². The summed E-state index contributed by atoms with van der Waals surface area (Å²) in [6, 6.07) is 11.2. The monoisotopic (exact) mass is 405 g/mol. The number of pyridine rings is 1. The molecule has 5 nitrogen and oxygen atoms in total. The first-order chi connectivity index (χ1) is 12.3. The van der Waals surface area contributed by atoms with Crippen LogP contribution in [0.25, 0.3) is 10.9 Å². The predicted octanol–water partition coefficient (Wildman–Crippen LogP) is 4.37. The first-order valence-electron chi connectivity index (χ1n) is 8.00. The van der Waals surface area contributed by atoms with Gasteiger partial charge in [-0.1, -0.05) is 29.8 Å². The number of benzene rings is 1. The van der Waals surface area contributed by atoms with Gasteiger partial charge < -0.3 is 0 Å². The SMILES string of the molecule is Cc1ccc2cc([C@@H]3CC(c4cccs4)=NN3S(C)(=O)=O)c(Cl)nc2c1. The van der Waals surface area contributed by atoms with Gasteiger partial charge in [0.15, 0.2) is 0 Å². The van der Waals surface area contributed by atoms with Gasteiger partial charge in [0.1, 0.15) is 5.15 Å². The van der Waals surface area contributed by atoms with Gasteiger partial charge in [0.05, 0.1) is 28.4 Å². The Bertz CT molecular complexity index is 1120. The molecule has 1 aliphatic heterocycles. The quantitative estimate of drug-likeness (QED) is 0.608. The Morgan fingerprint density at radius 1 is 1.27 bits per heavy atom. The summed E-state index contributed by atoms with van der Waals surface area (Å²) in [5.41, 5.74) is 3.30. The van der Waals surface area contributed by atoms with E-state index in [-0.39, 0.29) is 0 Å². The summed E-state index contributed by atoms with van der Waals surface area (Å²) < 4.78 is 25.8. The van der Waals surface area contributed by atoms with Gasteiger partial charge in [0.25, 0.3) is 0 Å². The van der Waals surface area contributed by atoms with Gasteiger partial charge in [-0.05, 0) is 36.1 Å². The Morgan fingerprint density at radius 2 is 2.08 bits per heavy atom. The summed E-state index contributed by atoms with van der Waals surface area (Å²) >= 11 is 7.98. The van der Waals surface area contributed by atoms with E-state index in [9.17, 15) is 8.42 Å². The molecule has 0 saturated heterocycles. The van der Waals surface area contributed by atoms with Crippen molar-refractivity contribution in [1.82, 2.24) is 9.40 Å². The van der Waals surface area contributed by atoms with Crippen molar-refractivity contribution in [2.24, 2.45) is 5.10 Å². The van der Waals surface area contributed by atoms with E-state index in [4.69, 9.17) is 11.6 Å². The van der Waals surface area contributed by atoms with Crippen LogP contribution in [0.3, 0.4) is 0 Å². The number of hydrogen-bond acceptors (Lipinski definition) is 5. The summed E-state index contributed by atoms with van der Waals surface area (Å²) in [6.07, 6.45) is 1.62. The highest BCUT2D eigenvalue weighted by molar-refractivity contribution is 7.88. The van der Waals surface area contributed by atoms with E-state index in [1.54, 1.807) is 0 Å². The van der Waals surface area contributed by atoms with Crippen molar-refractivity contribution >= 4 is 49.6 Å². The molecule has 1 aromatic carbocycles. The highest BCUT2D eigenvalue weighted by Gasteiger charge is 2.36. The average Bonchev–Trinajstić information content (AvgIpc) is 3.23. The molecule has 134 valence electrons. The van der Waals surface area contributed by atoms with Crippen LogP contribution in [0.2, 0.25) is 5.15 Å². The Morgan fingerprint density at radius 3 is 2.77 bits per heavy atom. The van der Waals surface area contributed by atoms with E-state index in [0.717, 1.165) is 37.7 Å². The summed E-state index contributed by atoms with van der Waals surface area (Å²) in [4.78, 5) is 5.44. The molecule has 0 amide bonds. The maximum atomic E-state index is 12.3. The number of aryl methyl sites for hydroxylation is 1. The number of hydrogen-bond donors (Lipinski definition) is 0. The number of thiophene rings is 1. The third-order valence-electron chi connectivity index (χ3n) is 4.33. The van der Waals surface area contributed by atoms with Crippen LogP contribution in [0.15, 0.2) is 46.9 Å². The summed E-state index contributed by atoms with van der Waals surface area (Å²) in [5, 5.41) is 7.56. The second-order valence-electron chi connectivity index (χ2n) is 6.34. The van der Waals surface area contributed by atoms with Crippen LogP contribution in [-0.4, -0.2) is 29.8 Å². The largest absolute Gasteiger partial charge is 0.247 e. The molecule has 4 rings (SSSR count). The predicted molar refractivity (Wildman–Crippen MR) is 106 cm³/mol. The van der Waals surface area contributed by atoms with Crippen LogP contribution in [-0.2, 0) is 10.0 Å². The summed E-state index contributed by atoms with van der Waals surface area (Å²) in [6.45, 7) is 1.99. The van der Waals surface area contributed by atoms with Crippen LogP contribution in [0.1, 0.15) is 28.5 Å². The summed E-state index contributed by atoms with van der Waals surface area (Å²) in [7, 11) is -3.54. The fourth-order valence-electron chi connectivity index (χ4n) is 3.12. The number of rotatable bonds is 3. The van der Waals surface area contributed by atoms with Gasteiger partial charge >= 0.3 is 0 Å². The van der Waals surface area contributed by atoms with Crippen LogP contribution in [0.4, 0.5) is 0 Å². The molecule has 0 N–H and O–H groups in total. The first kappa shape index (κ1) is 17.5. The number of sulfonamides is 1. The van der Waals surface area contributed by atoms with Gasteiger partial charge in [-0.3, -0.25) is 0 Å². The van der Waals surface area contributed by atoms with Crippen LogP contribution in [0, 0.1) is 6.92 Å². The lowest BCUT2D eigenvalue weighted by atomic mass is 10.0. The molecule has 8 heteroatoms.